The number of methoxy groups -OCH3 is 2. The molecular formula is C39H47N5O5S. The minimum Gasteiger partial charge on any atom is -0.493 e. The van der Waals surface area contributed by atoms with Crippen molar-refractivity contribution in [3.63, 3.8) is 0 Å². The Labute approximate surface area is 298 Å². The average Bonchev–Trinajstić information content (AvgIpc) is 3.79. The highest BCUT2D eigenvalue weighted by Crippen LogP contribution is 2.39. The van der Waals surface area contributed by atoms with Gasteiger partial charge in [-0.2, -0.15) is 0 Å². The van der Waals surface area contributed by atoms with E-state index in [9.17, 15) is 4.79 Å². The highest BCUT2D eigenvalue weighted by Gasteiger charge is 2.32. The van der Waals surface area contributed by atoms with Gasteiger partial charge in [0.2, 0.25) is 0 Å². The van der Waals surface area contributed by atoms with Crippen LogP contribution in [0.5, 0.6) is 23.0 Å². The van der Waals surface area contributed by atoms with Crippen molar-refractivity contribution in [3.8, 4) is 33.6 Å². The number of carbonyl (C=O) groups is 1. The fourth-order valence-corrected chi connectivity index (χ4v) is 7.98. The molecule has 10 nitrogen and oxygen atoms in total. The standard InChI is InChI=1S/C39H47N5O5S/c1-46-33-14-13-28(38-41-31-11-3-4-12-37(31)50-38)24-35(33)48-22-7-5-15-42-18-20-43(21-19-42)16-6-8-23-49-36-26-32-30(25-34(36)47-2)39(45)44-17-9-10-29(44)27-40-32/h3-4,11-14,24-27,29H,5-10,15-23H2,1-2H3/t29-/m0/s1. The third-order valence-corrected chi connectivity index (χ3v) is 11.0. The second-order valence-corrected chi connectivity index (χ2v) is 14.2. The van der Waals surface area contributed by atoms with Gasteiger partial charge < -0.3 is 33.6 Å². The van der Waals surface area contributed by atoms with E-state index in [0.29, 0.717) is 36.0 Å². The van der Waals surface area contributed by atoms with E-state index < -0.39 is 0 Å². The van der Waals surface area contributed by atoms with E-state index in [0.717, 1.165) is 112 Å². The summed E-state index contributed by atoms with van der Waals surface area (Å²) in [7, 11) is 3.30. The summed E-state index contributed by atoms with van der Waals surface area (Å²) < 4.78 is 24.7. The number of amides is 1. The number of piperazine rings is 1. The van der Waals surface area contributed by atoms with Gasteiger partial charge in [0.15, 0.2) is 23.0 Å². The molecule has 0 radical (unpaired) electrons. The molecule has 11 heteroatoms. The molecule has 1 aromatic heterocycles. The monoisotopic (exact) mass is 697 g/mol. The molecule has 3 aliphatic heterocycles. The number of para-hydroxylation sites is 1. The molecular weight excluding hydrogens is 651 g/mol. The first kappa shape index (κ1) is 34.3. The lowest BCUT2D eigenvalue weighted by Gasteiger charge is -2.34. The van der Waals surface area contributed by atoms with E-state index in [1.54, 1.807) is 31.6 Å². The molecule has 4 aromatic rings. The number of rotatable bonds is 15. The number of benzene rings is 3. The third-order valence-electron chi connectivity index (χ3n) is 9.88. The SMILES string of the molecule is COc1ccc(-c2nc3ccccc3s2)cc1OCCCCN1CCN(CCCCOc2cc3c(cc2OC)C(=O)N2CCC[C@H]2C=N3)CC1. The molecule has 3 aliphatic rings. The van der Waals surface area contributed by atoms with Crippen LogP contribution in [0, 0.1) is 0 Å². The number of carbonyl (C=O) groups excluding carboxylic acids is 1. The first-order chi connectivity index (χ1) is 24.6. The first-order valence-corrected chi connectivity index (χ1v) is 18.7. The zero-order valence-corrected chi connectivity index (χ0v) is 30.0. The van der Waals surface area contributed by atoms with Crippen molar-refractivity contribution in [2.75, 3.05) is 73.2 Å². The molecule has 0 spiro atoms. The summed E-state index contributed by atoms with van der Waals surface area (Å²) in [6.07, 6.45) is 8.00. The Bertz CT molecular complexity index is 1770. The predicted molar refractivity (Wildman–Crippen MR) is 199 cm³/mol. The number of ether oxygens (including phenoxy) is 4. The molecule has 0 aliphatic carbocycles. The van der Waals surface area contributed by atoms with Crippen LogP contribution in [-0.2, 0) is 0 Å². The molecule has 4 heterocycles. The van der Waals surface area contributed by atoms with Gasteiger partial charge in [-0.05, 0) is 88.0 Å². The summed E-state index contributed by atoms with van der Waals surface area (Å²) in [4.78, 5) is 29.6. The first-order valence-electron chi connectivity index (χ1n) is 17.9. The number of aliphatic imine (C=N–C) groups is 1. The van der Waals surface area contributed by atoms with E-state index in [4.69, 9.17) is 23.9 Å². The molecule has 0 N–H and O–H groups in total. The molecule has 2 saturated heterocycles. The fraction of sp³-hybridized carbons (Fsp3) is 0.462. The Morgan fingerprint density at radius 2 is 1.48 bits per heavy atom. The van der Waals surface area contributed by atoms with Crippen molar-refractivity contribution >= 4 is 39.4 Å². The lowest BCUT2D eigenvalue weighted by molar-refractivity contribution is 0.0774. The van der Waals surface area contributed by atoms with E-state index >= 15 is 0 Å². The van der Waals surface area contributed by atoms with Crippen LogP contribution in [0.2, 0.25) is 0 Å². The molecule has 0 saturated carbocycles. The second-order valence-electron chi connectivity index (χ2n) is 13.2. The normalized spacial score (nSPS) is 17.8. The Morgan fingerprint density at radius 1 is 0.780 bits per heavy atom. The summed E-state index contributed by atoms with van der Waals surface area (Å²) in [5, 5.41) is 0.989. The minimum absolute atomic E-state index is 0.0268. The molecule has 7 rings (SSSR count). The van der Waals surface area contributed by atoms with Crippen molar-refractivity contribution in [1.82, 2.24) is 19.7 Å². The van der Waals surface area contributed by atoms with Gasteiger partial charge in [0, 0.05) is 50.6 Å². The van der Waals surface area contributed by atoms with Crippen LogP contribution in [0.15, 0.2) is 59.6 Å². The molecule has 1 atom stereocenters. The molecule has 2 fully saturated rings. The van der Waals surface area contributed by atoms with E-state index in [1.165, 1.54) is 4.70 Å². The summed E-state index contributed by atoms with van der Waals surface area (Å²) in [6.45, 7) is 8.57. The fourth-order valence-electron chi connectivity index (χ4n) is 7.01. The zero-order valence-electron chi connectivity index (χ0n) is 29.1. The van der Waals surface area contributed by atoms with Crippen LogP contribution in [0.3, 0.4) is 0 Å². The van der Waals surface area contributed by atoms with Crippen molar-refractivity contribution in [2.45, 2.75) is 44.6 Å². The van der Waals surface area contributed by atoms with Crippen LogP contribution >= 0.6 is 11.3 Å². The van der Waals surface area contributed by atoms with Crippen molar-refractivity contribution in [3.05, 3.63) is 60.2 Å². The largest absolute Gasteiger partial charge is 0.493 e. The summed E-state index contributed by atoms with van der Waals surface area (Å²) in [6, 6.07) is 18.0. The van der Waals surface area contributed by atoms with Gasteiger partial charge in [-0.15, -0.1) is 11.3 Å². The van der Waals surface area contributed by atoms with E-state index in [-0.39, 0.29) is 11.9 Å². The van der Waals surface area contributed by atoms with Gasteiger partial charge in [-0.1, -0.05) is 12.1 Å². The zero-order chi connectivity index (χ0) is 34.3. The second kappa shape index (κ2) is 16.2. The third kappa shape index (κ3) is 7.90. The molecule has 3 aromatic carbocycles. The lowest BCUT2D eigenvalue weighted by Crippen LogP contribution is -2.46. The molecule has 264 valence electrons. The van der Waals surface area contributed by atoms with Crippen LogP contribution < -0.4 is 18.9 Å². The minimum atomic E-state index is 0.0268. The van der Waals surface area contributed by atoms with Crippen molar-refractivity contribution < 1.29 is 23.7 Å². The highest BCUT2D eigenvalue weighted by molar-refractivity contribution is 7.21. The highest BCUT2D eigenvalue weighted by atomic mass is 32.1. The van der Waals surface area contributed by atoms with Gasteiger partial charge in [0.25, 0.3) is 5.91 Å². The molecule has 0 bridgehead atoms. The summed E-state index contributed by atoms with van der Waals surface area (Å²) in [5.74, 6) is 2.78. The number of fused-ring (bicyclic) bond motifs is 3. The number of hydrogen-bond acceptors (Lipinski definition) is 10. The molecule has 0 unspecified atom stereocenters. The number of unbranched alkanes of at least 4 members (excludes halogenated alkanes) is 2. The van der Waals surface area contributed by atoms with Crippen LogP contribution in [0.1, 0.15) is 48.9 Å². The van der Waals surface area contributed by atoms with Gasteiger partial charge in [0.05, 0.1) is 54.9 Å². The molecule has 1 amide bonds. The topological polar surface area (TPSA) is 89.0 Å². The Morgan fingerprint density at radius 3 is 2.18 bits per heavy atom. The van der Waals surface area contributed by atoms with Crippen LogP contribution in [0.4, 0.5) is 5.69 Å². The van der Waals surface area contributed by atoms with Gasteiger partial charge >= 0.3 is 0 Å². The number of thiazole rings is 1. The maximum absolute atomic E-state index is 13.1. The smallest absolute Gasteiger partial charge is 0.256 e. The van der Waals surface area contributed by atoms with Gasteiger partial charge in [-0.25, -0.2) is 4.98 Å². The predicted octanol–water partition coefficient (Wildman–Crippen LogP) is 6.94. The summed E-state index contributed by atoms with van der Waals surface area (Å²) in [5.41, 5.74) is 3.32. The summed E-state index contributed by atoms with van der Waals surface area (Å²) >= 11 is 1.69. The maximum Gasteiger partial charge on any atom is 0.256 e. The maximum atomic E-state index is 13.1. The number of aromatic nitrogens is 1. The van der Waals surface area contributed by atoms with Crippen molar-refractivity contribution in [2.24, 2.45) is 4.99 Å². The number of nitrogens with zero attached hydrogens (tertiary/aromatic N) is 5. The molecule has 50 heavy (non-hydrogen) atoms. The average molecular weight is 698 g/mol. The quantitative estimate of drug-likeness (QED) is 0.124. The van der Waals surface area contributed by atoms with Crippen LogP contribution in [-0.4, -0.2) is 111 Å². The Kier molecular flexibility index (Phi) is 11.1. The van der Waals surface area contributed by atoms with Crippen LogP contribution in [0.25, 0.3) is 20.8 Å². The Balaban J connectivity index is 0.790. The Hall–Kier alpha value is -4.19. The lowest BCUT2D eigenvalue weighted by atomic mass is 10.1. The van der Waals surface area contributed by atoms with Crippen molar-refractivity contribution in [1.29, 1.82) is 0 Å². The van der Waals surface area contributed by atoms with Gasteiger partial charge in [0.1, 0.15) is 5.01 Å². The van der Waals surface area contributed by atoms with E-state index in [1.807, 2.05) is 53.6 Å². The van der Waals surface area contributed by atoms with E-state index in [2.05, 4.69) is 20.9 Å². The number of hydrogen-bond donors (Lipinski definition) is 0. The van der Waals surface area contributed by atoms with Gasteiger partial charge in [-0.3, -0.25) is 9.79 Å².